The molecular weight excluding hydrogens is 369 g/mol. The predicted molar refractivity (Wildman–Crippen MR) is 98.9 cm³/mol. The van der Waals surface area contributed by atoms with Gasteiger partial charge in [-0.3, -0.25) is 9.59 Å². The number of nitrogens with one attached hydrogen (secondary N) is 1. The van der Waals surface area contributed by atoms with Gasteiger partial charge in [-0.1, -0.05) is 36.4 Å². The molecule has 3 aromatic rings. The van der Waals surface area contributed by atoms with Gasteiger partial charge in [0.05, 0.1) is 11.1 Å². The number of halogens is 3. The number of alkyl halides is 3. The Kier molecular flexibility index (Phi) is 4.45. The largest absolute Gasteiger partial charge is 0.416 e. The Hall–Kier alpha value is -3.09. The first-order chi connectivity index (χ1) is 13.3. The quantitative estimate of drug-likeness (QED) is 0.725. The lowest BCUT2D eigenvalue weighted by molar-refractivity contribution is -0.138. The van der Waals surface area contributed by atoms with Crippen LogP contribution in [0.25, 0.3) is 10.9 Å². The Labute approximate surface area is 158 Å². The number of nitrogens with zero attached hydrogens (tertiary/aromatic N) is 1. The van der Waals surface area contributed by atoms with Crippen LogP contribution < -0.4 is 5.56 Å². The smallest absolute Gasteiger partial charge is 0.331 e. The zero-order valence-corrected chi connectivity index (χ0v) is 14.8. The Balaban J connectivity index is 1.75. The Bertz CT molecular complexity index is 1100. The molecule has 144 valence electrons. The molecule has 28 heavy (non-hydrogen) atoms. The van der Waals surface area contributed by atoms with E-state index in [4.69, 9.17) is 0 Å². The van der Waals surface area contributed by atoms with Crippen molar-refractivity contribution in [3.63, 3.8) is 0 Å². The molecule has 4 rings (SSSR count). The fourth-order valence-corrected chi connectivity index (χ4v) is 3.41. The zero-order chi connectivity index (χ0) is 19.9. The van der Waals surface area contributed by atoms with Gasteiger partial charge < -0.3 is 9.88 Å². The van der Waals surface area contributed by atoms with E-state index in [1.165, 1.54) is 29.2 Å². The predicted octanol–water partition coefficient (Wildman–Crippen LogP) is 4.35. The minimum Gasteiger partial charge on any atom is -0.331 e. The number of pyridine rings is 1. The molecular formula is C21H17F3N2O2. The second-order valence-corrected chi connectivity index (χ2v) is 6.91. The Morgan fingerprint density at radius 2 is 1.75 bits per heavy atom. The third-order valence-corrected chi connectivity index (χ3v) is 4.89. The second-order valence-electron chi connectivity index (χ2n) is 6.91. The van der Waals surface area contributed by atoms with Crippen molar-refractivity contribution in [1.29, 1.82) is 0 Å². The highest BCUT2D eigenvalue weighted by Gasteiger charge is 2.37. The van der Waals surface area contributed by atoms with Gasteiger partial charge in [-0.05, 0) is 30.5 Å². The average Bonchev–Trinajstić information content (AvgIpc) is 3.49. The standard InChI is InChI=1S/C21H17F3N2O2/c22-21(23,24)17-7-3-1-5-13(17)12-26(14-9-10-14)20(28)16-11-19(27)25-18-8-4-2-6-15(16)18/h1-8,11,14H,9-10,12H2,(H,25,27). The lowest BCUT2D eigenvalue weighted by Gasteiger charge is -2.25. The molecule has 0 spiro atoms. The maximum atomic E-state index is 13.4. The van der Waals surface area contributed by atoms with Gasteiger partial charge in [-0.25, -0.2) is 0 Å². The summed E-state index contributed by atoms with van der Waals surface area (Å²) in [6.07, 6.45) is -3.02. The first-order valence-corrected chi connectivity index (χ1v) is 8.93. The summed E-state index contributed by atoms with van der Waals surface area (Å²) in [4.78, 5) is 29.4. The number of rotatable bonds is 4. The number of carbonyl (C=O) groups excluding carboxylic acids is 1. The summed E-state index contributed by atoms with van der Waals surface area (Å²) in [5.74, 6) is -0.429. The van der Waals surface area contributed by atoms with E-state index < -0.39 is 23.2 Å². The van der Waals surface area contributed by atoms with E-state index >= 15 is 0 Å². The molecule has 0 aliphatic heterocycles. The fraction of sp³-hybridized carbons (Fsp3) is 0.238. The van der Waals surface area contributed by atoms with Gasteiger partial charge in [0.1, 0.15) is 0 Å². The highest BCUT2D eigenvalue weighted by atomic mass is 19.4. The lowest BCUT2D eigenvalue weighted by Crippen LogP contribution is -2.34. The maximum Gasteiger partial charge on any atom is 0.416 e. The molecule has 1 amide bonds. The molecule has 4 nitrogen and oxygen atoms in total. The van der Waals surface area contributed by atoms with Crippen molar-refractivity contribution in [1.82, 2.24) is 9.88 Å². The summed E-state index contributed by atoms with van der Waals surface area (Å²) in [7, 11) is 0. The van der Waals surface area contributed by atoms with E-state index in [0.29, 0.717) is 10.9 Å². The summed E-state index contributed by atoms with van der Waals surface area (Å²) < 4.78 is 40.1. The van der Waals surface area contributed by atoms with Crippen LogP contribution in [-0.2, 0) is 12.7 Å². The van der Waals surface area contributed by atoms with Gasteiger partial charge in [0.2, 0.25) is 5.56 Å². The second kappa shape index (κ2) is 6.82. The Morgan fingerprint density at radius 3 is 2.46 bits per heavy atom. The molecule has 0 bridgehead atoms. The minimum absolute atomic E-state index is 0.0457. The number of hydrogen-bond acceptors (Lipinski definition) is 2. The topological polar surface area (TPSA) is 53.2 Å². The monoisotopic (exact) mass is 386 g/mol. The van der Waals surface area contributed by atoms with Crippen molar-refractivity contribution in [3.8, 4) is 0 Å². The van der Waals surface area contributed by atoms with Crippen LogP contribution in [0.15, 0.2) is 59.4 Å². The van der Waals surface area contributed by atoms with Gasteiger partial charge in [0.15, 0.2) is 0 Å². The molecule has 1 aromatic heterocycles. The molecule has 1 heterocycles. The summed E-state index contributed by atoms with van der Waals surface area (Å²) >= 11 is 0. The summed E-state index contributed by atoms with van der Waals surface area (Å²) in [5, 5.41) is 0.571. The normalized spacial score (nSPS) is 14.2. The minimum atomic E-state index is -4.49. The van der Waals surface area contributed by atoms with Crippen LogP contribution in [0.1, 0.15) is 34.3 Å². The van der Waals surface area contributed by atoms with Crippen LogP contribution in [-0.4, -0.2) is 21.8 Å². The molecule has 0 saturated heterocycles. The van der Waals surface area contributed by atoms with Crippen LogP contribution in [0.5, 0.6) is 0 Å². The molecule has 0 radical (unpaired) electrons. The van der Waals surface area contributed by atoms with Crippen LogP contribution in [0.3, 0.4) is 0 Å². The van der Waals surface area contributed by atoms with Crippen molar-refractivity contribution >= 4 is 16.8 Å². The van der Waals surface area contributed by atoms with Gasteiger partial charge in [0, 0.05) is 29.6 Å². The summed E-state index contributed by atoms with van der Waals surface area (Å²) in [6, 6.07) is 13.3. The van der Waals surface area contributed by atoms with Crippen LogP contribution in [0.4, 0.5) is 13.2 Å². The van der Waals surface area contributed by atoms with E-state index in [-0.39, 0.29) is 23.7 Å². The van der Waals surface area contributed by atoms with E-state index in [0.717, 1.165) is 18.9 Å². The maximum absolute atomic E-state index is 13.4. The third kappa shape index (κ3) is 3.52. The first-order valence-electron chi connectivity index (χ1n) is 8.93. The highest BCUT2D eigenvalue weighted by molar-refractivity contribution is 6.06. The summed E-state index contributed by atoms with van der Waals surface area (Å²) in [5.41, 5.74) is -0.400. The van der Waals surface area contributed by atoms with E-state index in [9.17, 15) is 22.8 Å². The number of aromatic nitrogens is 1. The van der Waals surface area contributed by atoms with E-state index in [1.54, 1.807) is 24.3 Å². The molecule has 1 saturated carbocycles. The van der Waals surface area contributed by atoms with Crippen molar-refractivity contribution in [2.24, 2.45) is 0 Å². The number of carbonyl (C=O) groups is 1. The molecule has 1 fully saturated rings. The number of fused-ring (bicyclic) bond motifs is 1. The average molecular weight is 386 g/mol. The SMILES string of the molecule is O=C(c1cc(=O)[nH]c2ccccc12)N(Cc1ccccc1C(F)(F)F)C1CC1. The molecule has 7 heteroatoms. The molecule has 1 aliphatic carbocycles. The third-order valence-electron chi connectivity index (χ3n) is 4.89. The van der Waals surface area contributed by atoms with Crippen molar-refractivity contribution in [2.75, 3.05) is 0 Å². The highest BCUT2D eigenvalue weighted by Crippen LogP contribution is 2.35. The van der Waals surface area contributed by atoms with E-state index in [2.05, 4.69) is 4.98 Å². The van der Waals surface area contributed by atoms with Crippen molar-refractivity contribution < 1.29 is 18.0 Å². The number of aromatic amines is 1. The Morgan fingerprint density at radius 1 is 1.07 bits per heavy atom. The van der Waals surface area contributed by atoms with Gasteiger partial charge in [-0.2, -0.15) is 13.2 Å². The molecule has 2 aromatic carbocycles. The van der Waals surface area contributed by atoms with Crippen molar-refractivity contribution in [3.05, 3.63) is 81.6 Å². The van der Waals surface area contributed by atoms with Crippen LogP contribution in [0, 0.1) is 0 Å². The number of H-pyrrole nitrogens is 1. The van der Waals surface area contributed by atoms with Gasteiger partial charge >= 0.3 is 6.18 Å². The lowest BCUT2D eigenvalue weighted by atomic mass is 10.0. The molecule has 0 atom stereocenters. The number of para-hydroxylation sites is 1. The van der Waals surface area contributed by atoms with E-state index in [1.807, 2.05) is 0 Å². The number of amides is 1. The first kappa shape index (κ1) is 18.3. The van der Waals surface area contributed by atoms with Crippen molar-refractivity contribution in [2.45, 2.75) is 31.6 Å². The number of benzene rings is 2. The summed E-state index contributed by atoms with van der Waals surface area (Å²) in [6.45, 7) is -0.152. The van der Waals surface area contributed by atoms with Gasteiger partial charge in [-0.15, -0.1) is 0 Å². The van der Waals surface area contributed by atoms with Crippen LogP contribution in [0.2, 0.25) is 0 Å². The van der Waals surface area contributed by atoms with Crippen LogP contribution >= 0.6 is 0 Å². The molecule has 1 aliphatic rings. The van der Waals surface area contributed by atoms with Gasteiger partial charge in [0.25, 0.3) is 5.91 Å². The molecule has 0 unspecified atom stereocenters. The molecule has 1 N–H and O–H groups in total. The zero-order valence-electron chi connectivity index (χ0n) is 14.8. The fourth-order valence-electron chi connectivity index (χ4n) is 3.41. The number of hydrogen-bond donors (Lipinski definition) is 1.